The van der Waals surface area contributed by atoms with Gasteiger partial charge in [0, 0.05) is 24.0 Å². The molecule has 1 saturated heterocycles. The topological polar surface area (TPSA) is 95.2 Å². The summed E-state index contributed by atoms with van der Waals surface area (Å²) in [6, 6.07) is 12.9. The molecule has 0 aromatic heterocycles. The van der Waals surface area contributed by atoms with Gasteiger partial charge in [-0.2, -0.15) is 5.26 Å². The number of hydrogen-bond donors (Lipinski definition) is 1. The summed E-state index contributed by atoms with van der Waals surface area (Å²) in [6.45, 7) is 0.619. The summed E-state index contributed by atoms with van der Waals surface area (Å²) < 4.78 is 5.92. The van der Waals surface area contributed by atoms with Gasteiger partial charge in [0.05, 0.1) is 43.1 Å². The van der Waals surface area contributed by atoms with E-state index in [0.717, 1.165) is 22.4 Å². The van der Waals surface area contributed by atoms with Crippen molar-refractivity contribution in [1.29, 1.82) is 5.26 Å². The Balaban J connectivity index is 1.68. The second kappa shape index (κ2) is 7.94. The minimum atomic E-state index is -0.324. The van der Waals surface area contributed by atoms with Crippen LogP contribution in [0.25, 0.3) is 11.1 Å². The summed E-state index contributed by atoms with van der Waals surface area (Å²) in [5, 5.41) is 23.0. The molecule has 0 bridgehead atoms. The summed E-state index contributed by atoms with van der Waals surface area (Å²) in [5.41, 5.74) is 4.65. The molecule has 29 heavy (non-hydrogen) atoms. The fourth-order valence-electron chi connectivity index (χ4n) is 4.01. The van der Waals surface area contributed by atoms with Crippen LogP contribution in [-0.4, -0.2) is 54.5 Å². The number of fused-ring (bicyclic) bond motifs is 3. The molecule has 2 aromatic carbocycles. The van der Waals surface area contributed by atoms with Crippen LogP contribution < -0.4 is 4.74 Å². The zero-order chi connectivity index (χ0) is 20.4. The van der Waals surface area contributed by atoms with Crippen LogP contribution in [0.4, 0.5) is 0 Å². The molecule has 0 saturated carbocycles. The van der Waals surface area contributed by atoms with E-state index in [1.807, 2.05) is 24.3 Å². The van der Waals surface area contributed by atoms with Crippen LogP contribution >= 0.6 is 0 Å². The molecule has 148 valence electrons. The lowest BCUT2D eigenvalue weighted by Gasteiger charge is -2.22. The Bertz CT molecular complexity index is 1030. The van der Waals surface area contributed by atoms with Crippen molar-refractivity contribution in [2.75, 3.05) is 26.9 Å². The normalized spacial score (nSPS) is 19.0. The van der Waals surface area contributed by atoms with Crippen molar-refractivity contribution in [3.8, 4) is 22.9 Å². The monoisotopic (exact) mass is 391 g/mol. The Labute approximate surface area is 168 Å². The van der Waals surface area contributed by atoms with E-state index in [4.69, 9.17) is 9.57 Å². The molecule has 7 nitrogen and oxygen atoms in total. The van der Waals surface area contributed by atoms with E-state index in [-0.39, 0.29) is 18.6 Å². The fourth-order valence-corrected chi connectivity index (χ4v) is 4.01. The first kappa shape index (κ1) is 19.0. The predicted octanol–water partition coefficient (Wildman–Crippen LogP) is 2.37. The van der Waals surface area contributed by atoms with E-state index in [2.05, 4.69) is 11.2 Å². The summed E-state index contributed by atoms with van der Waals surface area (Å²) >= 11 is 0. The number of aliphatic hydroxyl groups is 1. The number of benzene rings is 2. The predicted molar refractivity (Wildman–Crippen MR) is 107 cm³/mol. The molecule has 4 rings (SSSR count). The SMILES string of the molecule is CO/N=C1\CC(CO)N(C(=O)c2ccc3c(c2)OCCc2c(C#N)cccc2-3)C1. The van der Waals surface area contributed by atoms with E-state index in [1.54, 1.807) is 17.0 Å². The lowest BCUT2D eigenvalue weighted by atomic mass is 9.93. The van der Waals surface area contributed by atoms with Gasteiger partial charge < -0.3 is 19.6 Å². The van der Waals surface area contributed by atoms with Gasteiger partial charge in [-0.3, -0.25) is 4.79 Å². The van der Waals surface area contributed by atoms with Crippen molar-refractivity contribution in [2.24, 2.45) is 5.16 Å². The van der Waals surface area contributed by atoms with Crippen molar-refractivity contribution < 1.29 is 19.5 Å². The van der Waals surface area contributed by atoms with Crippen molar-refractivity contribution in [3.63, 3.8) is 0 Å². The van der Waals surface area contributed by atoms with Gasteiger partial charge in [0.25, 0.3) is 5.91 Å². The highest BCUT2D eigenvalue weighted by molar-refractivity contribution is 6.01. The molecule has 2 heterocycles. The van der Waals surface area contributed by atoms with Crippen molar-refractivity contribution >= 4 is 11.6 Å². The minimum absolute atomic E-state index is 0.139. The Morgan fingerprint density at radius 3 is 3.00 bits per heavy atom. The number of likely N-dealkylation sites (tertiary alicyclic amines) is 1. The molecule has 1 atom stereocenters. The Morgan fingerprint density at radius 2 is 2.24 bits per heavy atom. The molecule has 0 spiro atoms. The van der Waals surface area contributed by atoms with Gasteiger partial charge in [0.2, 0.25) is 0 Å². The van der Waals surface area contributed by atoms with Crippen LogP contribution in [0.5, 0.6) is 5.75 Å². The first-order valence-corrected chi connectivity index (χ1v) is 9.46. The number of aliphatic hydroxyl groups excluding tert-OH is 1. The van der Waals surface area contributed by atoms with E-state index in [1.165, 1.54) is 7.11 Å². The van der Waals surface area contributed by atoms with Gasteiger partial charge in [-0.1, -0.05) is 17.3 Å². The number of nitrogens with zero attached hydrogens (tertiary/aromatic N) is 3. The molecule has 2 aromatic rings. The zero-order valence-corrected chi connectivity index (χ0v) is 16.1. The van der Waals surface area contributed by atoms with Crippen molar-refractivity contribution in [1.82, 2.24) is 4.90 Å². The highest BCUT2D eigenvalue weighted by Crippen LogP contribution is 2.37. The minimum Gasteiger partial charge on any atom is -0.493 e. The Hall–Kier alpha value is -3.37. The number of rotatable bonds is 3. The molecule has 7 heteroatoms. The number of amides is 1. The maximum absolute atomic E-state index is 13.1. The fraction of sp³-hybridized carbons (Fsp3) is 0.318. The van der Waals surface area contributed by atoms with Crippen LogP contribution in [0, 0.1) is 11.3 Å². The number of carbonyl (C=O) groups excluding carboxylic acids is 1. The summed E-state index contributed by atoms with van der Waals surface area (Å²) in [6.07, 6.45) is 1.12. The quantitative estimate of drug-likeness (QED) is 0.811. The van der Waals surface area contributed by atoms with E-state index < -0.39 is 0 Å². The molecular weight excluding hydrogens is 370 g/mol. The maximum atomic E-state index is 13.1. The van der Waals surface area contributed by atoms with Gasteiger partial charge in [-0.05, 0) is 35.4 Å². The highest BCUT2D eigenvalue weighted by atomic mass is 16.6. The lowest BCUT2D eigenvalue weighted by Crippen LogP contribution is -2.37. The van der Waals surface area contributed by atoms with Crippen LogP contribution in [0.3, 0.4) is 0 Å². The molecule has 2 aliphatic heterocycles. The third kappa shape index (κ3) is 3.43. The van der Waals surface area contributed by atoms with Crippen LogP contribution in [-0.2, 0) is 11.3 Å². The first-order valence-electron chi connectivity index (χ1n) is 9.46. The third-order valence-electron chi connectivity index (χ3n) is 5.38. The highest BCUT2D eigenvalue weighted by Gasteiger charge is 2.33. The number of nitriles is 1. The van der Waals surface area contributed by atoms with Crippen molar-refractivity contribution in [3.05, 3.63) is 53.1 Å². The number of carbonyl (C=O) groups is 1. The Kier molecular flexibility index (Phi) is 5.19. The standard InChI is InChI=1S/C22H21N3O4/c1-28-24-16-10-17(13-26)25(12-16)22(27)14-5-6-20-19-4-2-3-15(11-23)18(19)7-8-29-21(20)9-14/h2-6,9,17,26H,7-8,10,12-13H2,1H3/b24-16+. The molecule has 1 unspecified atom stereocenters. The van der Waals surface area contributed by atoms with Crippen molar-refractivity contribution in [2.45, 2.75) is 18.9 Å². The van der Waals surface area contributed by atoms with E-state index >= 15 is 0 Å². The van der Waals surface area contributed by atoms with Gasteiger partial charge in [-0.25, -0.2) is 0 Å². The second-order valence-corrected chi connectivity index (χ2v) is 7.07. The number of ether oxygens (including phenoxy) is 1. The average molecular weight is 391 g/mol. The average Bonchev–Trinajstić information content (AvgIpc) is 3.06. The molecule has 1 fully saturated rings. The van der Waals surface area contributed by atoms with Gasteiger partial charge in [0.15, 0.2) is 0 Å². The van der Waals surface area contributed by atoms with E-state index in [9.17, 15) is 15.2 Å². The van der Waals surface area contributed by atoms with E-state index in [0.29, 0.717) is 42.9 Å². The second-order valence-electron chi connectivity index (χ2n) is 7.07. The Morgan fingerprint density at radius 1 is 1.38 bits per heavy atom. The summed E-state index contributed by atoms with van der Waals surface area (Å²) in [7, 11) is 1.46. The van der Waals surface area contributed by atoms with Gasteiger partial charge in [-0.15, -0.1) is 0 Å². The number of hydrogen-bond acceptors (Lipinski definition) is 6. The summed E-state index contributed by atoms with van der Waals surface area (Å²) in [4.78, 5) is 19.5. The molecule has 0 radical (unpaired) electrons. The lowest BCUT2D eigenvalue weighted by molar-refractivity contribution is 0.0679. The van der Waals surface area contributed by atoms with Crippen LogP contribution in [0.15, 0.2) is 41.6 Å². The van der Waals surface area contributed by atoms with Gasteiger partial charge in [0.1, 0.15) is 12.9 Å². The molecular formula is C22H21N3O4. The molecule has 1 N–H and O–H groups in total. The molecule has 2 aliphatic rings. The molecule has 0 aliphatic carbocycles. The molecule has 1 amide bonds. The smallest absolute Gasteiger partial charge is 0.254 e. The summed E-state index contributed by atoms with van der Waals surface area (Å²) in [5.74, 6) is 0.433. The van der Waals surface area contributed by atoms with Crippen LogP contribution in [0.1, 0.15) is 27.9 Å². The van der Waals surface area contributed by atoms with Crippen LogP contribution in [0.2, 0.25) is 0 Å². The van der Waals surface area contributed by atoms with Gasteiger partial charge >= 0.3 is 0 Å². The first-order chi connectivity index (χ1) is 14.2. The zero-order valence-electron chi connectivity index (χ0n) is 16.1. The maximum Gasteiger partial charge on any atom is 0.254 e. The largest absolute Gasteiger partial charge is 0.493 e. The third-order valence-corrected chi connectivity index (χ3v) is 5.38. The number of oxime groups is 1.